The topological polar surface area (TPSA) is 58.3 Å². The van der Waals surface area contributed by atoms with Crippen molar-refractivity contribution in [2.24, 2.45) is 0 Å². The van der Waals surface area contributed by atoms with Crippen LogP contribution in [0.2, 0.25) is 0 Å². The normalized spacial score (nSPS) is 17.7. The predicted octanol–water partition coefficient (Wildman–Crippen LogP) is 1.19. The van der Waals surface area contributed by atoms with E-state index in [1.54, 1.807) is 10.8 Å². The van der Waals surface area contributed by atoms with Gasteiger partial charge >= 0.3 is 0 Å². The second-order valence-corrected chi connectivity index (χ2v) is 4.86. The fourth-order valence-corrected chi connectivity index (χ4v) is 2.46. The van der Waals surface area contributed by atoms with Gasteiger partial charge in [0.15, 0.2) is 5.65 Å². The molecule has 1 N–H and O–H groups in total. The lowest BCUT2D eigenvalue weighted by Crippen LogP contribution is -2.39. The molecule has 2 aromatic heterocycles. The van der Waals surface area contributed by atoms with Crippen LogP contribution in [0.1, 0.15) is 12.8 Å². The van der Waals surface area contributed by atoms with Gasteiger partial charge in [0, 0.05) is 25.7 Å². The standard InChI is InChI=1S/C13H18N6/c1-2-7-18-8-5-11(6-9-18)15-12-3-4-13-16-14-10-19(13)17-12/h2-4,10-11H,1,5-9H2,(H,15,17). The Morgan fingerprint density at radius 2 is 2.21 bits per heavy atom. The maximum atomic E-state index is 4.44. The van der Waals surface area contributed by atoms with E-state index in [0.29, 0.717) is 6.04 Å². The van der Waals surface area contributed by atoms with E-state index in [2.05, 4.69) is 32.1 Å². The maximum Gasteiger partial charge on any atom is 0.177 e. The Hall–Kier alpha value is -1.95. The first-order valence-electron chi connectivity index (χ1n) is 6.62. The number of likely N-dealkylation sites (tertiary alicyclic amines) is 1. The second kappa shape index (κ2) is 5.36. The van der Waals surface area contributed by atoms with Crippen molar-refractivity contribution >= 4 is 11.5 Å². The van der Waals surface area contributed by atoms with Gasteiger partial charge in [-0.3, -0.25) is 4.90 Å². The molecule has 0 spiro atoms. The Balaban J connectivity index is 1.61. The van der Waals surface area contributed by atoms with Crippen LogP contribution < -0.4 is 5.32 Å². The Kier molecular flexibility index (Phi) is 3.41. The summed E-state index contributed by atoms with van der Waals surface area (Å²) in [5.41, 5.74) is 0.770. The summed E-state index contributed by atoms with van der Waals surface area (Å²) in [5.74, 6) is 0.884. The van der Waals surface area contributed by atoms with Gasteiger partial charge in [-0.25, -0.2) is 0 Å². The molecule has 6 heteroatoms. The van der Waals surface area contributed by atoms with Crippen LogP contribution in [0.3, 0.4) is 0 Å². The van der Waals surface area contributed by atoms with Crippen LogP contribution in [0.5, 0.6) is 0 Å². The van der Waals surface area contributed by atoms with Gasteiger partial charge in [0.25, 0.3) is 0 Å². The van der Waals surface area contributed by atoms with Crippen LogP contribution in [-0.4, -0.2) is 50.4 Å². The lowest BCUT2D eigenvalue weighted by atomic mass is 10.1. The van der Waals surface area contributed by atoms with E-state index in [-0.39, 0.29) is 0 Å². The number of rotatable bonds is 4. The minimum absolute atomic E-state index is 0.488. The lowest BCUT2D eigenvalue weighted by molar-refractivity contribution is 0.240. The van der Waals surface area contributed by atoms with Crippen LogP contribution in [0, 0.1) is 0 Å². The molecule has 0 radical (unpaired) electrons. The second-order valence-electron chi connectivity index (χ2n) is 4.86. The van der Waals surface area contributed by atoms with Crippen LogP contribution in [0.25, 0.3) is 5.65 Å². The van der Waals surface area contributed by atoms with E-state index in [0.717, 1.165) is 43.9 Å². The van der Waals surface area contributed by atoms with Crippen molar-refractivity contribution in [2.75, 3.05) is 25.0 Å². The first-order valence-corrected chi connectivity index (χ1v) is 6.62. The molecule has 0 saturated carbocycles. The number of hydrogen-bond acceptors (Lipinski definition) is 5. The third kappa shape index (κ3) is 2.73. The van der Waals surface area contributed by atoms with E-state index in [9.17, 15) is 0 Å². The fraction of sp³-hybridized carbons (Fsp3) is 0.462. The molecule has 3 heterocycles. The summed E-state index contributed by atoms with van der Waals surface area (Å²) in [7, 11) is 0. The highest BCUT2D eigenvalue weighted by Crippen LogP contribution is 2.15. The number of hydrogen-bond donors (Lipinski definition) is 1. The number of anilines is 1. The minimum Gasteiger partial charge on any atom is -0.366 e. The first-order chi connectivity index (χ1) is 9.35. The summed E-state index contributed by atoms with van der Waals surface area (Å²) < 4.78 is 1.69. The Morgan fingerprint density at radius 3 is 3.00 bits per heavy atom. The van der Waals surface area contributed by atoms with Gasteiger partial charge in [-0.2, -0.15) is 4.52 Å². The summed E-state index contributed by atoms with van der Waals surface area (Å²) in [5, 5.41) is 15.7. The molecule has 1 aliphatic heterocycles. The van der Waals surface area contributed by atoms with E-state index in [4.69, 9.17) is 0 Å². The molecule has 0 aromatic carbocycles. The molecule has 1 aliphatic rings. The monoisotopic (exact) mass is 258 g/mol. The molecule has 1 saturated heterocycles. The lowest BCUT2D eigenvalue weighted by Gasteiger charge is -2.31. The Labute approximate surface area is 112 Å². The van der Waals surface area contributed by atoms with E-state index < -0.39 is 0 Å². The van der Waals surface area contributed by atoms with Gasteiger partial charge in [-0.05, 0) is 25.0 Å². The minimum atomic E-state index is 0.488. The van der Waals surface area contributed by atoms with Crippen molar-refractivity contribution in [3.8, 4) is 0 Å². The molecule has 6 nitrogen and oxygen atoms in total. The van der Waals surface area contributed by atoms with E-state index in [1.165, 1.54) is 0 Å². The average molecular weight is 258 g/mol. The number of nitrogens with zero attached hydrogens (tertiary/aromatic N) is 5. The van der Waals surface area contributed by atoms with Crippen molar-refractivity contribution < 1.29 is 0 Å². The smallest absolute Gasteiger partial charge is 0.177 e. The molecule has 0 bridgehead atoms. The van der Waals surface area contributed by atoms with Crippen molar-refractivity contribution in [1.82, 2.24) is 24.7 Å². The van der Waals surface area contributed by atoms with Gasteiger partial charge in [0.1, 0.15) is 12.1 Å². The summed E-state index contributed by atoms with van der Waals surface area (Å²) in [4.78, 5) is 2.42. The van der Waals surface area contributed by atoms with Crippen molar-refractivity contribution in [3.05, 3.63) is 31.1 Å². The first kappa shape index (κ1) is 12.1. The summed E-state index contributed by atoms with van der Waals surface area (Å²) in [6.07, 6.45) is 5.86. The zero-order chi connectivity index (χ0) is 13.1. The average Bonchev–Trinajstić information content (AvgIpc) is 2.89. The number of fused-ring (bicyclic) bond motifs is 1. The quantitative estimate of drug-likeness (QED) is 0.835. The summed E-state index contributed by atoms with van der Waals surface area (Å²) in [6, 6.07) is 4.37. The number of aromatic nitrogens is 4. The van der Waals surface area contributed by atoms with Gasteiger partial charge in [-0.15, -0.1) is 21.9 Å². The number of nitrogens with one attached hydrogen (secondary N) is 1. The fourth-order valence-electron chi connectivity index (χ4n) is 2.46. The zero-order valence-electron chi connectivity index (χ0n) is 10.9. The molecule has 0 atom stereocenters. The molecular formula is C13H18N6. The molecule has 2 aromatic rings. The molecular weight excluding hydrogens is 240 g/mol. The van der Waals surface area contributed by atoms with Crippen molar-refractivity contribution in [1.29, 1.82) is 0 Å². The zero-order valence-corrected chi connectivity index (χ0v) is 10.9. The molecule has 0 aliphatic carbocycles. The third-order valence-corrected chi connectivity index (χ3v) is 3.49. The van der Waals surface area contributed by atoms with Gasteiger partial charge in [0.05, 0.1) is 0 Å². The molecule has 0 amide bonds. The molecule has 19 heavy (non-hydrogen) atoms. The summed E-state index contributed by atoms with van der Waals surface area (Å²) >= 11 is 0. The Bertz CT molecular complexity index is 555. The highest BCUT2D eigenvalue weighted by Gasteiger charge is 2.18. The largest absolute Gasteiger partial charge is 0.366 e. The van der Waals surface area contributed by atoms with Crippen LogP contribution in [0.15, 0.2) is 31.1 Å². The highest BCUT2D eigenvalue weighted by molar-refractivity contribution is 5.43. The maximum absolute atomic E-state index is 4.44. The molecule has 1 fully saturated rings. The predicted molar refractivity (Wildman–Crippen MR) is 74.1 cm³/mol. The van der Waals surface area contributed by atoms with Gasteiger partial charge < -0.3 is 5.32 Å². The third-order valence-electron chi connectivity index (χ3n) is 3.49. The van der Waals surface area contributed by atoms with Crippen LogP contribution in [0.4, 0.5) is 5.82 Å². The van der Waals surface area contributed by atoms with E-state index in [1.807, 2.05) is 18.2 Å². The van der Waals surface area contributed by atoms with Gasteiger partial charge in [-0.1, -0.05) is 6.08 Å². The van der Waals surface area contributed by atoms with Gasteiger partial charge in [0.2, 0.25) is 0 Å². The van der Waals surface area contributed by atoms with E-state index >= 15 is 0 Å². The van der Waals surface area contributed by atoms with Crippen molar-refractivity contribution in [2.45, 2.75) is 18.9 Å². The Morgan fingerprint density at radius 1 is 1.37 bits per heavy atom. The molecule has 3 rings (SSSR count). The van der Waals surface area contributed by atoms with Crippen LogP contribution in [-0.2, 0) is 0 Å². The summed E-state index contributed by atoms with van der Waals surface area (Å²) in [6.45, 7) is 6.99. The van der Waals surface area contributed by atoms with Crippen LogP contribution >= 0.6 is 0 Å². The SMILES string of the molecule is C=CCN1CCC(Nc2ccc3nncn3n2)CC1. The number of piperidine rings is 1. The molecule has 0 unspecified atom stereocenters. The molecule has 100 valence electrons. The highest BCUT2D eigenvalue weighted by atomic mass is 15.4. The van der Waals surface area contributed by atoms with Crippen molar-refractivity contribution in [3.63, 3.8) is 0 Å².